The Kier molecular flexibility index (Phi) is 4.89. The molecule has 0 spiro atoms. The van der Waals surface area contributed by atoms with Gasteiger partial charge in [-0.3, -0.25) is 4.79 Å². The van der Waals surface area contributed by atoms with Crippen LogP contribution in [0.15, 0.2) is 42.5 Å². The van der Waals surface area contributed by atoms with Gasteiger partial charge in [0, 0.05) is 18.2 Å². The standard InChI is InChI=1S/C15H17NO3/c1-18-9-10-19-11-15(17)16-14-8-4-6-12-5-2-3-7-13(12)14/h2-8H,9-11H2,1H3,(H,16,17). The lowest BCUT2D eigenvalue weighted by Gasteiger charge is -2.09. The highest BCUT2D eigenvalue weighted by Crippen LogP contribution is 2.22. The number of carbonyl (C=O) groups is 1. The molecule has 2 rings (SSSR count). The van der Waals surface area contributed by atoms with Gasteiger partial charge in [-0.25, -0.2) is 0 Å². The molecule has 0 fully saturated rings. The molecule has 0 atom stereocenters. The molecule has 0 saturated carbocycles. The summed E-state index contributed by atoms with van der Waals surface area (Å²) in [5, 5.41) is 4.98. The number of methoxy groups -OCH3 is 1. The van der Waals surface area contributed by atoms with Crippen molar-refractivity contribution >= 4 is 22.4 Å². The van der Waals surface area contributed by atoms with E-state index in [1.165, 1.54) is 0 Å². The topological polar surface area (TPSA) is 47.6 Å². The van der Waals surface area contributed by atoms with Crippen LogP contribution in [-0.2, 0) is 14.3 Å². The van der Waals surface area contributed by atoms with Crippen molar-refractivity contribution in [2.45, 2.75) is 0 Å². The number of anilines is 1. The quantitative estimate of drug-likeness (QED) is 0.810. The molecule has 19 heavy (non-hydrogen) atoms. The van der Waals surface area contributed by atoms with Gasteiger partial charge in [0.2, 0.25) is 5.91 Å². The maximum atomic E-state index is 11.7. The molecule has 1 N–H and O–H groups in total. The summed E-state index contributed by atoms with van der Waals surface area (Å²) < 4.78 is 10.0. The van der Waals surface area contributed by atoms with Gasteiger partial charge in [0.15, 0.2) is 0 Å². The van der Waals surface area contributed by atoms with Crippen LogP contribution in [-0.4, -0.2) is 32.8 Å². The summed E-state index contributed by atoms with van der Waals surface area (Å²) in [5.74, 6) is -0.160. The van der Waals surface area contributed by atoms with Gasteiger partial charge in [-0.1, -0.05) is 36.4 Å². The van der Waals surface area contributed by atoms with Gasteiger partial charge in [0.1, 0.15) is 6.61 Å². The number of amides is 1. The molecule has 100 valence electrons. The van der Waals surface area contributed by atoms with E-state index >= 15 is 0 Å². The van der Waals surface area contributed by atoms with Gasteiger partial charge in [-0.15, -0.1) is 0 Å². The van der Waals surface area contributed by atoms with E-state index in [1.54, 1.807) is 7.11 Å². The molecule has 4 heteroatoms. The number of rotatable bonds is 6. The van der Waals surface area contributed by atoms with Crippen molar-refractivity contribution in [3.05, 3.63) is 42.5 Å². The molecular weight excluding hydrogens is 242 g/mol. The third-order valence-electron chi connectivity index (χ3n) is 2.73. The van der Waals surface area contributed by atoms with E-state index in [0.29, 0.717) is 13.2 Å². The normalized spacial score (nSPS) is 10.6. The average Bonchev–Trinajstić information content (AvgIpc) is 2.44. The van der Waals surface area contributed by atoms with Crippen molar-refractivity contribution in [3.63, 3.8) is 0 Å². The number of carbonyl (C=O) groups excluding carboxylic acids is 1. The van der Waals surface area contributed by atoms with Gasteiger partial charge < -0.3 is 14.8 Å². The number of hydrogen-bond acceptors (Lipinski definition) is 3. The summed E-state index contributed by atoms with van der Waals surface area (Å²) in [6.07, 6.45) is 0. The third kappa shape index (κ3) is 3.77. The van der Waals surface area contributed by atoms with Crippen LogP contribution in [0, 0.1) is 0 Å². The van der Waals surface area contributed by atoms with Crippen molar-refractivity contribution in [2.75, 3.05) is 32.2 Å². The summed E-state index contributed by atoms with van der Waals surface area (Å²) in [4.78, 5) is 11.7. The molecule has 0 unspecified atom stereocenters. The fraction of sp³-hybridized carbons (Fsp3) is 0.267. The Labute approximate surface area is 112 Å². The Morgan fingerprint density at radius 1 is 1.11 bits per heavy atom. The van der Waals surface area contributed by atoms with Gasteiger partial charge in [0.05, 0.1) is 13.2 Å². The van der Waals surface area contributed by atoms with Crippen LogP contribution < -0.4 is 5.32 Å². The van der Waals surface area contributed by atoms with E-state index in [1.807, 2.05) is 42.5 Å². The summed E-state index contributed by atoms with van der Waals surface area (Å²) in [6.45, 7) is 0.938. The molecule has 0 bridgehead atoms. The molecule has 0 aliphatic rings. The lowest BCUT2D eigenvalue weighted by molar-refractivity contribution is -0.121. The smallest absolute Gasteiger partial charge is 0.250 e. The monoisotopic (exact) mass is 259 g/mol. The zero-order valence-electron chi connectivity index (χ0n) is 10.9. The minimum atomic E-state index is -0.160. The van der Waals surface area contributed by atoms with Crippen LogP contribution in [0.3, 0.4) is 0 Å². The second-order valence-electron chi connectivity index (χ2n) is 4.12. The molecule has 2 aromatic rings. The molecule has 0 radical (unpaired) electrons. The number of benzene rings is 2. The van der Waals surface area contributed by atoms with Crippen LogP contribution >= 0.6 is 0 Å². The Morgan fingerprint density at radius 3 is 2.74 bits per heavy atom. The average molecular weight is 259 g/mol. The molecular formula is C15H17NO3. The lowest BCUT2D eigenvalue weighted by Crippen LogP contribution is -2.19. The highest BCUT2D eigenvalue weighted by Gasteiger charge is 2.05. The molecule has 1 amide bonds. The van der Waals surface area contributed by atoms with Crippen LogP contribution in [0.2, 0.25) is 0 Å². The fourth-order valence-corrected chi connectivity index (χ4v) is 1.83. The van der Waals surface area contributed by atoms with E-state index in [9.17, 15) is 4.79 Å². The van der Waals surface area contributed by atoms with Crippen molar-refractivity contribution < 1.29 is 14.3 Å². The van der Waals surface area contributed by atoms with Crippen molar-refractivity contribution in [1.82, 2.24) is 0 Å². The second-order valence-corrected chi connectivity index (χ2v) is 4.12. The highest BCUT2D eigenvalue weighted by molar-refractivity contribution is 6.02. The number of nitrogens with one attached hydrogen (secondary N) is 1. The van der Waals surface area contributed by atoms with E-state index in [2.05, 4.69) is 5.32 Å². The molecule has 0 saturated heterocycles. The molecule has 0 aliphatic heterocycles. The zero-order chi connectivity index (χ0) is 13.5. The molecule has 2 aromatic carbocycles. The third-order valence-corrected chi connectivity index (χ3v) is 2.73. The number of ether oxygens (including phenoxy) is 2. The second kappa shape index (κ2) is 6.87. The van der Waals surface area contributed by atoms with Gasteiger partial charge in [-0.05, 0) is 11.5 Å². The van der Waals surface area contributed by atoms with Gasteiger partial charge in [0.25, 0.3) is 0 Å². The molecule has 0 aromatic heterocycles. The summed E-state index contributed by atoms with van der Waals surface area (Å²) in [7, 11) is 1.60. The maximum Gasteiger partial charge on any atom is 0.250 e. The SMILES string of the molecule is COCCOCC(=O)Nc1cccc2ccccc12. The Hall–Kier alpha value is -1.91. The summed E-state index contributed by atoms with van der Waals surface area (Å²) in [5.41, 5.74) is 0.804. The Balaban J connectivity index is 1.99. The van der Waals surface area contributed by atoms with Crippen LogP contribution in [0.5, 0.6) is 0 Å². The van der Waals surface area contributed by atoms with Gasteiger partial charge >= 0.3 is 0 Å². The predicted molar refractivity (Wildman–Crippen MR) is 75.3 cm³/mol. The Bertz CT molecular complexity index is 549. The molecule has 0 heterocycles. The van der Waals surface area contributed by atoms with Crippen LogP contribution in [0.1, 0.15) is 0 Å². The van der Waals surface area contributed by atoms with E-state index in [-0.39, 0.29) is 12.5 Å². The first-order valence-electron chi connectivity index (χ1n) is 6.15. The highest BCUT2D eigenvalue weighted by atomic mass is 16.5. The predicted octanol–water partition coefficient (Wildman–Crippen LogP) is 2.44. The van der Waals surface area contributed by atoms with E-state index < -0.39 is 0 Å². The minimum Gasteiger partial charge on any atom is -0.382 e. The first kappa shape index (κ1) is 13.5. The number of hydrogen-bond donors (Lipinski definition) is 1. The first-order valence-corrected chi connectivity index (χ1v) is 6.15. The van der Waals surface area contributed by atoms with E-state index in [4.69, 9.17) is 9.47 Å². The van der Waals surface area contributed by atoms with Crippen LogP contribution in [0.4, 0.5) is 5.69 Å². The van der Waals surface area contributed by atoms with E-state index in [0.717, 1.165) is 16.5 Å². The maximum absolute atomic E-state index is 11.7. The zero-order valence-corrected chi connectivity index (χ0v) is 10.9. The first-order chi connectivity index (χ1) is 9.31. The van der Waals surface area contributed by atoms with Crippen molar-refractivity contribution in [2.24, 2.45) is 0 Å². The largest absolute Gasteiger partial charge is 0.382 e. The Morgan fingerprint density at radius 2 is 1.89 bits per heavy atom. The molecule has 0 aliphatic carbocycles. The van der Waals surface area contributed by atoms with Crippen molar-refractivity contribution in [1.29, 1.82) is 0 Å². The van der Waals surface area contributed by atoms with Crippen LogP contribution in [0.25, 0.3) is 10.8 Å². The molecule has 4 nitrogen and oxygen atoms in total. The lowest BCUT2D eigenvalue weighted by atomic mass is 10.1. The minimum absolute atomic E-state index is 0.0343. The van der Waals surface area contributed by atoms with Gasteiger partial charge in [-0.2, -0.15) is 0 Å². The number of fused-ring (bicyclic) bond motifs is 1. The summed E-state index contributed by atoms with van der Waals surface area (Å²) >= 11 is 0. The summed E-state index contributed by atoms with van der Waals surface area (Å²) in [6, 6.07) is 13.7. The van der Waals surface area contributed by atoms with Crippen molar-refractivity contribution in [3.8, 4) is 0 Å². The fourth-order valence-electron chi connectivity index (χ4n) is 1.83.